The minimum Gasteiger partial charge on any atom is -0.508 e. The number of phenolic OH excluding ortho intramolecular Hbond substituents is 2. The molecule has 0 spiro atoms. The number of nitrogens with one attached hydrogen (secondary N) is 2. The van der Waals surface area contributed by atoms with E-state index in [0.29, 0.717) is 17.7 Å². The topological polar surface area (TPSA) is 125 Å². The van der Waals surface area contributed by atoms with Crippen LogP contribution in [0.1, 0.15) is 39.1 Å². The maximum Gasteiger partial charge on any atom is 0.337 e. The summed E-state index contributed by atoms with van der Waals surface area (Å²) in [6.07, 6.45) is 0.547. The molecule has 2 aromatic carbocycles. The Morgan fingerprint density at radius 2 is 1.68 bits per heavy atom. The van der Waals surface area contributed by atoms with Crippen LogP contribution < -0.4 is 10.6 Å². The lowest BCUT2D eigenvalue weighted by atomic mass is 10.1. The summed E-state index contributed by atoms with van der Waals surface area (Å²) in [5.41, 5.74) is 1.78. The maximum atomic E-state index is 12.1. The Hall–Kier alpha value is -3.55. The maximum absolute atomic E-state index is 12.1. The molecule has 0 aliphatic rings. The number of hydrogen-bond donors (Lipinski definition) is 4. The van der Waals surface area contributed by atoms with Crippen molar-refractivity contribution in [2.24, 2.45) is 0 Å². The highest BCUT2D eigenvalue weighted by atomic mass is 16.5. The van der Waals surface area contributed by atoms with Crippen molar-refractivity contribution in [3.8, 4) is 11.5 Å². The van der Waals surface area contributed by atoms with Crippen LogP contribution in [0.5, 0.6) is 11.5 Å². The zero-order valence-corrected chi connectivity index (χ0v) is 15.6. The number of benzene rings is 2. The van der Waals surface area contributed by atoms with Gasteiger partial charge >= 0.3 is 5.97 Å². The molecule has 0 radical (unpaired) electrons. The fraction of sp³-hybridized carbons (Fsp3) is 0.250. The SMILES string of the molecule is COC(=O)c1ccc(C)c(NC(=O)CCCNC(=O)c2cc(O)cc(O)c2)c1. The number of anilines is 1. The highest BCUT2D eigenvalue weighted by Gasteiger charge is 2.11. The average Bonchev–Trinajstić information content (AvgIpc) is 2.65. The Morgan fingerprint density at radius 1 is 1.00 bits per heavy atom. The number of hydrogen-bond acceptors (Lipinski definition) is 6. The fourth-order valence-electron chi connectivity index (χ4n) is 2.49. The summed E-state index contributed by atoms with van der Waals surface area (Å²) in [5, 5.41) is 24.1. The summed E-state index contributed by atoms with van der Waals surface area (Å²) >= 11 is 0. The normalized spacial score (nSPS) is 10.2. The van der Waals surface area contributed by atoms with Gasteiger partial charge in [0.15, 0.2) is 0 Å². The Labute approximate surface area is 162 Å². The van der Waals surface area contributed by atoms with Crippen molar-refractivity contribution >= 4 is 23.5 Å². The van der Waals surface area contributed by atoms with Crippen LogP contribution in [0.25, 0.3) is 0 Å². The number of carbonyl (C=O) groups excluding carboxylic acids is 3. The lowest BCUT2D eigenvalue weighted by Gasteiger charge is -2.10. The summed E-state index contributed by atoms with van der Waals surface area (Å²) in [6.45, 7) is 2.05. The molecule has 8 heteroatoms. The Balaban J connectivity index is 1.83. The number of rotatable bonds is 7. The molecular weight excluding hydrogens is 364 g/mol. The first-order valence-corrected chi connectivity index (χ1v) is 8.60. The van der Waals surface area contributed by atoms with E-state index in [1.807, 2.05) is 6.92 Å². The van der Waals surface area contributed by atoms with E-state index in [2.05, 4.69) is 15.4 Å². The van der Waals surface area contributed by atoms with Gasteiger partial charge in [-0.05, 0) is 43.2 Å². The third-order valence-corrected chi connectivity index (χ3v) is 3.96. The molecule has 0 saturated carbocycles. The molecule has 28 heavy (non-hydrogen) atoms. The number of phenols is 2. The van der Waals surface area contributed by atoms with Gasteiger partial charge in [0, 0.05) is 30.3 Å². The number of esters is 1. The third kappa shape index (κ3) is 5.73. The second-order valence-corrected chi connectivity index (χ2v) is 6.17. The molecule has 0 heterocycles. The van der Waals surface area contributed by atoms with Gasteiger partial charge in [-0.2, -0.15) is 0 Å². The second-order valence-electron chi connectivity index (χ2n) is 6.17. The zero-order chi connectivity index (χ0) is 20.7. The molecule has 0 aromatic heterocycles. The van der Waals surface area contributed by atoms with E-state index in [4.69, 9.17) is 0 Å². The van der Waals surface area contributed by atoms with Crippen LogP contribution in [0.3, 0.4) is 0 Å². The predicted molar refractivity (Wildman–Crippen MR) is 102 cm³/mol. The summed E-state index contributed by atoms with van der Waals surface area (Å²) in [4.78, 5) is 35.7. The van der Waals surface area contributed by atoms with Crippen molar-refractivity contribution in [1.82, 2.24) is 5.32 Å². The van der Waals surface area contributed by atoms with Crippen LogP contribution in [0.4, 0.5) is 5.69 Å². The largest absolute Gasteiger partial charge is 0.508 e. The Kier molecular flexibility index (Phi) is 6.97. The molecule has 4 N–H and O–H groups in total. The minimum atomic E-state index is -0.490. The number of aromatic hydroxyl groups is 2. The third-order valence-electron chi connectivity index (χ3n) is 3.96. The van der Waals surface area contributed by atoms with Crippen LogP contribution in [-0.2, 0) is 9.53 Å². The van der Waals surface area contributed by atoms with E-state index < -0.39 is 11.9 Å². The van der Waals surface area contributed by atoms with E-state index in [1.165, 1.54) is 19.2 Å². The van der Waals surface area contributed by atoms with Gasteiger partial charge < -0.3 is 25.6 Å². The van der Waals surface area contributed by atoms with Crippen molar-refractivity contribution in [2.75, 3.05) is 19.0 Å². The molecule has 148 valence electrons. The van der Waals surface area contributed by atoms with Gasteiger partial charge in [-0.15, -0.1) is 0 Å². The molecule has 2 aromatic rings. The van der Waals surface area contributed by atoms with E-state index in [-0.39, 0.29) is 35.9 Å². The van der Waals surface area contributed by atoms with Gasteiger partial charge in [0.25, 0.3) is 5.91 Å². The number of amides is 2. The highest BCUT2D eigenvalue weighted by Crippen LogP contribution is 2.20. The van der Waals surface area contributed by atoms with Gasteiger partial charge in [-0.1, -0.05) is 6.07 Å². The van der Waals surface area contributed by atoms with Crippen LogP contribution in [0.15, 0.2) is 36.4 Å². The zero-order valence-electron chi connectivity index (χ0n) is 15.6. The second kappa shape index (κ2) is 9.40. The predicted octanol–water partition coefficient (Wildman–Crippen LogP) is 2.34. The molecule has 0 saturated heterocycles. The van der Waals surface area contributed by atoms with E-state index >= 15 is 0 Å². The van der Waals surface area contributed by atoms with Crippen LogP contribution >= 0.6 is 0 Å². The molecule has 8 nitrogen and oxygen atoms in total. The average molecular weight is 386 g/mol. The molecule has 0 atom stereocenters. The molecule has 0 bridgehead atoms. The first-order chi connectivity index (χ1) is 13.3. The number of carbonyl (C=O) groups is 3. The molecule has 0 aliphatic carbocycles. The Bertz CT molecular complexity index is 874. The molecule has 0 unspecified atom stereocenters. The standard InChI is InChI=1S/C20H22N2O6/c1-12-5-6-13(20(27)28-2)10-17(12)22-18(25)4-3-7-21-19(26)14-8-15(23)11-16(24)9-14/h5-6,8-11,23-24H,3-4,7H2,1-2H3,(H,21,26)(H,22,25). The van der Waals surface area contributed by atoms with Gasteiger partial charge in [0.1, 0.15) is 11.5 Å². The summed E-state index contributed by atoms with van der Waals surface area (Å²) in [7, 11) is 1.28. The van der Waals surface area contributed by atoms with E-state index in [0.717, 1.165) is 11.6 Å². The van der Waals surface area contributed by atoms with Crippen LogP contribution in [-0.4, -0.2) is 41.7 Å². The van der Waals surface area contributed by atoms with Gasteiger partial charge in [0.2, 0.25) is 5.91 Å². The van der Waals surface area contributed by atoms with Crippen molar-refractivity contribution in [1.29, 1.82) is 0 Å². The smallest absolute Gasteiger partial charge is 0.337 e. The van der Waals surface area contributed by atoms with Crippen molar-refractivity contribution < 1.29 is 29.3 Å². The quantitative estimate of drug-likeness (QED) is 0.428. The lowest BCUT2D eigenvalue weighted by Crippen LogP contribution is -2.25. The van der Waals surface area contributed by atoms with Crippen LogP contribution in [0, 0.1) is 6.92 Å². The first kappa shape index (κ1) is 20.8. The lowest BCUT2D eigenvalue weighted by molar-refractivity contribution is -0.116. The van der Waals surface area contributed by atoms with Crippen molar-refractivity contribution in [2.45, 2.75) is 19.8 Å². The highest BCUT2D eigenvalue weighted by molar-refractivity contribution is 5.96. The van der Waals surface area contributed by atoms with E-state index in [9.17, 15) is 24.6 Å². The molecular formula is C20H22N2O6. The van der Waals surface area contributed by atoms with Gasteiger partial charge in [-0.25, -0.2) is 4.79 Å². The Morgan fingerprint density at radius 3 is 2.32 bits per heavy atom. The monoisotopic (exact) mass is 386 g/mol. The van der Waals surface area contributed by atoms with Gasteiger partial charge in [0.05, 0.1) is 12.7 Å². The minimum absolute atomic E-state index is 0.122. The molecule has 2 amide bonds. The number of methoxy groups -OCH3 is 1. The molecule has 2 rings (SSSR count). The summed E-state index contributed by atoms with van der Waals surface area (Å²) in [6, 6.07) is 8.48. The number of aryl methyl sites for hydroxylation is 1. The van der Waals surface area contributed by atoms with Crippen molar-refractivity contribution in [3.05, 3.63) is 53.1 Å². The first-order valence-electron chi connectivity index (χ1n) is 8.60. The summed E-state index contributed by atoms with van der Waals surface area (Å²) < 4.78 is 4.67. The summed E-state index contributed by atoms with van der Waals surface area (Å²) in [5.74, 6) is -1.64. The van der Waals surface area contributed by atoms with E-state index in [1.54, 1.807) is 18.2 Å². The van der Waals surface area contributed by atoms with Gasteiger partial charge in [-0.3, -0.25) is 9.59 Å². The molecule has 0 fully saturated rings. The number of ether oxygens (including phenoxy) is 1. The molecule has 0 aliphatic heterocycles. The van der Waals surface area contributed by atoms with Crippen LogP contribution in [0.2, 0.25) is 0 Å². The van der Waals surface area contributed by atoms with Crippen molar-refractivity contribution in [3.63, 3.8) is 0 Å². The fourth-order valence-corrected chi connectivity index (χ4v) is 2.49.